The summed E-state index contributed by atoms with van der Waals surface area (Å²) in [6.45, 7) is 4.73. The molecule has 0 spiro atoms. The Morgan fingerprint density at radius 3 is 2.67 bits per heavy atom. The Hall–Kier alpha value is -1.12. The molecule has 8 heteroatoms. The van der Waals surface area contributed by atoms with Crippen LogP contribution in [0.25, 0.3) is 0 Å². The van der Waals surface area contributed by atoms with Crippen LogP contribution in [0.1, 0.15) is 13.8 Å². The van der Waals surface area contributed by atoms with Gasteiger partial charge >= 0.3 is 0 Å². The van der Waals surface area contributed by atoms with Crippen molar-refractivity contribution in [2.24, 2.45) is 7.05 Å². The monoisotopic (exact) mass is 274 g/mol. The zero-order valence-corrected chi connectivity index (χ0v) is 11.6. The van der Waals surface area contributed by atoms with E-state index < -0.39 is 15.6 Å². The highest BCUT2D eigenvalue weighted by Crippen LogP contribution is 2.29. The smallest absolute Gasteiger partial charge is 0.263 e. The van der Waals surface area contributed by atoms with Crippen molar-refractivity contribution in [1.82, 2.24) is 13.9 Å². The summed E-state index contributed by atoms with van der Waals surface area (Å²) in [5, 5.41) is 0.0393. The van der Waals surface area contributed by atoms with Crippen LogP contribution in [0.15, 0.2) is 11.4 Å². The van der Waals surface area contributed by atoms with Gasteiger partial charge in [-0.05, 0) is 13.8 Å². The number of anilines is 1. The van der Waals surface area contributed by atoms with Crippen LogP contribution in [0.3, 0.4) is 0 Å². The van der Waals surface area contributed by atoms with Crippen LogP contribution in [0.5, 0.6) is 0 Å². The molecule has 0 aromatic carbocycles. The first-order valence-electron chi connectivity index (χ1n) is 5.64. The first-order chi connectivity index (χ1) is 8.27. The SMILES string of the molecule is Cn1cnc(N)c1S(=O)(=O)N1CCOCC1(C)C. The number of nitrogens with two attached hydrogens (primary N) is 1. The van der Waals surface area contributed by atoms with Gasteiger partial charge in [-0.3, -0.25) is 0 Å². The normalized spacial score (nSPS) is 21.1. The second kappa shape index (κ2) is 4.22. The number of hydrogen-bond donors (Lipinski definition) is 1. The van der Waals surface area contributed by atoms with E-state index in [1.165, 1.54) is 15.2 Å². The van der Waals surface area contributed by atoms with E-state index in [0.29, 0.717) is 19.8 Å². The molecule has 7 nitrogen and oxygen atoms in total. The number of hydrogen-bond acceptors (Lipinski definition) is 5. The highest BCUT2D eigenvalue weighted by atomic mass is 32.2. The summed E-state index contributed by atoms with van der Waals surface area (Å²) in [4.78, 5) is 3.83. The molecule has 2 heterocycles. The number of nitrogens with zero attached hydrogens (tertiary/aromatic N) is 3. The van der Waals surface area contributed by atoms with E-state index in [1.807, 2.05) is 13.8 Å². The molecule has 0 atom stereocenters. The second-order valence-electron chi connectivity index (χ2n) is 4.99. The van der Waals surface area contributed by atoms with Gasteiger partial charge in [0.15, 0.2) is 10.8 Å². The molecule has 1 aromatic rings. The fraction of sp³-hybridized carbons (Fsp3) is 0.700. The van der Waals surface area contributed by atoms with Gasteiger partial charge in [-0.1, -0.05) is 0 Å². The summed E-state index contributed by atoms with van der Waals surface area (Å²) >= 11 is 0. The first kappa shape index (κ1) is 13.3. The van der Waals surface area contributed by atoms with Crippen LogP contribution in [0.4, 0.5) is 5.82 Å². The minimum atomic E-state index is -3.66. The largest absolute Gasteiger partial charge is 0.381 e. The Bertz CT molecular complexity index is 530. The number of rotatable bonds is 2. The number of imidazole rings is 1. The molecule has 1 saturated heterocycles. The summed E-state index contributed by atoms with van der Waals surface area (Å²) < 4.78 is 33.5. The fourth-order valence-corrected chi connectivity index (χ4v) is 4.10. The molecule has 0 aliphatic carbocycles. The van der Waals surface area contributed by atoms with Gasteiger partial charge in [-0.25, -0.2) is 13.4 Å². The number of nitrogen functional groups attached to an aromatic ring is 1. The molecule has 102 valence electrons. The van der Waals surface area contributed by atoms with Crippen LogP contribution in [-0.2, 0) is 21.8 Å². The summed E-state index contributed by atoms with van der Waals surface area (Å²) in [6.07, 6.45) is 1.40. The van der Waals surface area contributed by atoms with Gasteiger partial charge in [0.25, 0.3) is 10.0 Å². The standard InChI is InChI=1S/C10H18N4O3S/c1-10(2)6-17-5-4-14(10)18(15,16)9-8(11)12-7-13(9)3/h7H,4-6,11H2,1-3H3. The van der Waals surface area contributed by atoms with Crippen molar-refractivity contribution in [1.29, 1.82) is 0 Å². The molecule has 1 aromatic heterocycles. The number of aryl methyl sites for hydroxylation is 1. The van der Waals surface area contributed by atoms with E-state index in [-0.39, 0.29) is 10.8 Å². The maximum atomic E-state index is 12.6. The third-order valence-corrected chi connectivity index (χ3v) is 5.26. The van der Waals surface area contributed by atoms with Gasteiger partial charge in [0, 0.05) is 13.6 Å². The van der Waals surface area contributed by atoms with Crippen molar-refractivity contribution in [2.75, 3.05) is 25.5 Å². The van der Waals surface area contributed by atoms with E-state index in [9.17, 15) is 8.42 Å². The third-order valence-electron chi connectivity index (χ3n) is 3.01. The van der Waals surface area contributed by atoms with E-state index in [0.717, 1.165) is 0 Å². The van der Waals surface area contributed by atoms with Gasteiger partial charge < -0.3 is 15.0 Å². The van der Waals surface area contributed by atoms with Gasteiger partial charge in [0.1, 0.15) is 0 Å². The minimum absolute atomic E-state index is 0.0276. The Morgan fingerprint density at radius 1 is 1.50 bits per heavy atom. The summed E-state index contributed by atoms with van der Waals surface area (Å²) in [7, 11) is -2.04. The van der Waals surface area contributed by atoms with Crippen LogP contribution in [-0.4, -0.2) is 47.6 Å². The van der Waals surface area contributed by atoms with Crippen molar-refractivity contribution in [3.8, 4) is 0 Å². The molecule has 0 unspecified atom stereocenters. The number of ether oxygens (including phenoxy) is 1. The van der Waals surface area contributed by atoms with E-state index >= 15 is 0 Å². The molecule has 2 rings (SSSR count). The highest BCUT2D eigenvalue weighted by Gasteiger charge is 2.41. The lowest BCUT2D eigenvalue weighted by Crippen LogP contribution is -2.55. The molecule has 2 N–H and O–H groups in total. The van der Waals surface area contributed by atoms with Gasteiger partial charge in [-0.2, -0.15) is 4.31 Å². The lowest BCUT2D eigenvalue weighted by molar-refractivity contribution is -0.00786. The zero-order valence-electron chi connectivity index (χ0n) is 10.8. The van der Waals surface area contributed by atoms with Crippen molar-refractivity contribution in [3.05, 3.63) is 6.33 Å². The van der Waals surface area contributed by atoms with Gasteiger partial charge in [0.2, 0.25) is 0 Å². The molecule has 1 fully saturated rings. The summed E-state index contributed by atoms with van der Waals surface area (Å²) in [5.41, 5.74) is 5.06. The van der Waals surface area contributed by atoms with E-state index in [2.05, 4.69) is 4.98 Å². The third kappa shape index (κ3) is 2.00. The Labute approximate surface area is 107 Å². The lowest BCUT2D eigenvalue weighted by Gasteiger charge is -2.40. The topological polar surface area (TPSA) is 90.5 Å². The van der Waals surface area contributed by atoms with E-state index in [1.54, 1.807) is 7.05 Å². The molecular weight excluding hydrogens is 256 g/mol. The van der Waals surface area contributed by atoms with Crippen LogP contribution in [0.2, 0.25) is 0 Å². The zero-order chi connectivity index (χ0) is 13.6. The van der Waals surface area contributed by atoms with Crippen molar-refractivity contribution >= 4 is 15.8 Å². The maximum absolute atomic E-state index is 12.6. The van der Waals surface area contributed by atoms with Crippen LogP contribution in [0, 0.1) is 0 Å². The van der Waals surface area contributed by atoms with Crippen molar-refractivity contribution in [3.63, 3.8) is 0 Å². The van der Waals surface area contributed by atoms with Gasteiger partial charge in [0.05, 0.1) is 25.1 Å². The molecule has 1 aliphatic heterocycles. The Kier molecular flexibility index (Phi) is 3.12. The molecule has 0 radical (unpaired) electrons. The van der Waals surface area contributed by atoms with E-state index in [4.69, 9.17) is 10.5 Å². The number of aromatic nitrogens is 2. The molecule has 0 amide bonds. The molecule has 1 aliphatic rings. The fourth-order valence-electron chi connectivity index (χ4n) is 2.15. The predicted molar refractivity (Wildman–Crippen MR) is 66.4 cm³/mol. The quantitative estimate of drug-likeness (QED) is 0.806. The average Bonchev–Trinajstić information content (AvgIpc) is 2.57. The predicted octanol–water partition coefficient (Wildman–Crippen LogP) is -0.198. The average molecular weight is 274 g/mol. The van der Waals surface area contributed by atoms with Gasteiger partial charge in [-0.15, -0.1) is 0 Å². The van der Waals surface area contributed by atoms with Crippen LogP contribution >= 0.6 is 0 Å². The Balaban J connectivity index is 2.49. The molecule has 0 bridgehead atoms. The minimum Gasteiger partial charge on any atom is -0.381 e. The molecule has 0 saturated carbocycles. The lowest BCUT2D eigenvalue weighted by atomic mass is 10.1. The number of morpholine rings is 1. The van der Waals surface area contributed by atoms with Crippen LogP contribution < -0.4 is 5.73 Å². The molecule has 18 heavy (non-hydrogen) atoms. The number of sulfonamides is 1. The summed E-state index contributed by atoms with van der Waals surface area (Å²) in [5.74, 6) is 0.0276. The van der Waals surface area contributed by atoms with Crippen molar-refractivity contribution < 1.29 is 13.2 Å². The molecular formula is C10H18N4O3S. The highest BCUT2D eigenvalue weighted by molar-refractivity contribution is 7.89. The second-order valence-corrected chi connectivity index (χ2v) is 6.77. The first-order valence-corrected chi connectivity index (χ1v) is 7.08. The maximum Gasteiger partial charge on any atom is 0.263 e. The van der Waals surface area contributed by atoms with Crippen molar-refractivity contribution in [2.45, 2.75) is 24.4 Å². The summed E-state index contributed by atoms with van der Waals surface area (Å²) in [6, 6.07) is 0. The Morgan fingerprint density at radius 2 is 2.17 bits per heavy atom.